The monoisotopic (exact) mass is 154 g/mol. The Labute approximate surface area is 74.6 Å². The van der Waals surface area contributed by atoms with Crippen LogP contribution in [0.3, 0.4) is 0 Å². The van der Waals surface area contributed by atoms with Gasteiger partial charge in [0.1, 0.15) is 0 Å². The van der Waals surface area contributed by atoms with Gasteiger partial charge >= 0.3 is 25.0 Å². The summed E-state index contributed by atoms with van der Waals surface area (Å²) in [6, 6.07) is 6.36. The van der Waals surface area contributed by atoms with Crippen LogP contribution in [0.2, 0.25) is 0 Å². The van der Waals surface area contributed by atoms with Crippen LogP contribution in [-0.4, -0.2) is 18.9 Å². The van der Waals surface area contributed by atoms with Gasteiger partial charge in [-0.2, -0.15) is 13.2 Å². The zero-order chi connectivity index (χ0) is 7.61. The Balaban J connectivity index is 0.000001000. The first-order valence-electron chi connectivity index (χ1n) is 2.73. The van der Waals surface area contributed by atoms with Crippen molar-refractivity contribution in [2.45, 2.75) is 6.18 Å². The van der Waals surface area contributed by atoms with Gasteiger partial charge in [0.05, 0.1) is 5.56 Å². The maximum absolute atomic E-state index is 11.8. The van der Waals surface area contributed by atoms with Crippen molar-refractivity contribution < 1.29 is 13.2 Å². The standard InChI is InChI=1S/C7H5F3.Li.H/c8-7(9,10)6-4-2-1-3-5-6;;/h1-5H;;. The average molecular weight is 154 g/mol. The van der Waals surface area contributed by atoms with Crippen LogP contribution in [0.1, 0.15) is 5.56 Å². The summed E-state index contributed by atoms with van der Waals surface area (Å²) in [4.78, 5) is 0. The first-order valence-corrected chi connectivity index (χ1v) is 2.73. The van der Waals surface area contributed by atoms with Gasteiger partial charge in [0.25, 0.3) is 0 Å². The number of rotatable bonds is 0. The molecule has 0 nitrogen and oxygen atoms in total. The predicted octanol–water partition coefficient (Wildman–Crippen LogP) is 2.06. The summed E-state index contributed by atoms with van der Waals surface area (Å²) in [7, 11) is 0. The average Bonchev–Trinajstić information content (AvgIpc) is 1.88. The molecule has 1 aromatic carbocycles. The second kappa shape index (κ2) is 3.84. The maximum atomic E-state index is 11.8. The van der Waals surface area contributed by atoms with E-state index in [-0.39, 0.29) is 18.9 Å². The number of benzene rings is 1. The van der Waals surface area contributed by atoms with Crippen LogP contribution in [0, 0.1) is 0 Å². The van der Waals surface area contributed by atoms with Crippen LogP contribution in [0.5, 0.6) is 0 Å². The van der Waals surface area contributed by atoms with E-state index in [0.29, 0.717) is 0 Å². The van der Waals surface area contributed by atoms with Crippen LogP contribution < -0.4 is 0 Å². The van der Waals surface area contributed by atoms with Crippen LogP contribution in [0.4, 0.5) is 13.2 Å². The predicted molar refractivity (Wildman–Crippen MR) is 38.6 cm³/mol. The van der Waals surface area contributed by atoms with Gasteiger partial charge in [-0.3, -0.25) is 0 Å². The molecule has 0 spiro atoms. The van der Waals surface area contributed by atoms with E-state index >= 15 is 0 Å². The van der Waals surface area contributed by atoms with E-state index in [9.17, 15) is 13.2 Å². The van der Waals surface area contributed by atoms with Crippen molar-refractivity contribution >= 4 is 18.9 Å². The van der Waals surface area contributed by atoms with E-state index in [1.54, 1.807) is 6.07 Å². The Morgan fingerprint density at radius 3 is 1.64 bits per heavy atom. The molecule has 0 N–H and O–H groups in total. The Morgan fingerprint density at radius 2 is 1.36 bits per heavy atom. The fourth-order valence-corrected chi connectivity index (χ4v) is 0.627. The van der Waals surface area contributed by atoms with Gasteiger partial charge in [-0.05, 0) is 0 Å². The first kappa shape index (κ1) is 10.6. The van der Waals surface area contributed by atoms with Crippen LogP contribution in [0.15, 0.2) is 30.3 Å². The van der Waals surface area contributed by atoms with Gasteiger partial charge in [-0.25, -0.2) is 0 Å². The van der Waals surface area contributed by atoms with Gasteiger partial charge in [0.2, 0.25) is 0 Å². The third-order valence-electron chi connectivity index (χ3n) is 1.10. The topological polar surface area (TPSA) is 0 Å². The summed E-state index contributed by atoms with van der Waals surface area (Å²) < 4.78 is 35.4. The van der Waals surface area contributed by atoms with Crippen molar-refractivity contribution in [3.63, 3.8) is 0 Å². The summed E-state index contributed by atoms with van der Waals surface area (Å²) >= 11 is 0. The molecule has 0 bridgehead atoms. The Hall–Kier alpha value is -0.393. The number of halogens is 3. The number of hydrogen-bond acceptors (Lipinski definition) is 0. The van der Waals surface area contributed by atoms with Gasteiger partial charge in [-0.15, -0.1) is 0 Å². The summed E-state index contributed by atoms with van der Waals surface area (Å²) in [5.41, 5.74) is -0.602. The van der Waals surface area contributed by atoms with Gasteiger partial charge in [-0.1, -0.05) is 30.3 Å². The third-order valence-corrected chi connectivity index (χ3v) is 1.10. The molecule has 0 aromatic heterocycles. The molecule has 1 rings (SSSR count). The molecular weight excluding hydrogens is 148 g/mol. The molecule has 56 valence electrons. The van der Waals surface area contributed by atoms with Crippen molar-refractivity contribution in [2.75, 3.05) is 0 Å². The molecule has 0 heterocycles. The molecule has 0 saturated heterocycles. The summed E-state index contributed by atoms with van der Waals surface area (Å²) in [6.45, 7) is 0. The van der Waals surface area contributed by atoms with Crippen molar-refractivity contribution in [1.29, 1.82) is 0 Å². The van der Waals surface area contributed by atoms with E-state index in [0.717, 1.165) is 12.1 Å². The second-order valence-electron chi connectivity index (χ2n) is 1.86. The Kier molecular flexibility index (Phi) is 3.71. The zero-order valence-electron chi connectivity index (χ0n) is 5.02. The van der Waals surface area contributed by atoms with E-state index in [1.807, 2.05) is 0 Å². The first-order chi connectivity index (χ1) is 4.61. The van der Waals surface area contributed by atoms with Crippen molar-refractivity contribution in [1.82, 2.24) is 0 Å². The van der Waals surface area contributed by atoms with Crippen molar-refractivity contribution in [3.8, 4) is 0 Å². The van der Waals surface area contributed by atoms with Gasteiger partial charge in [0, 0.05) is 0 Å². The SMILES string of the molecule is FC(F)(F)c1ccccc1.[LiH]. The second-order valence-corrected chi connectivity index (χ2v) is 1.86. The Morgan fingerprint density at radius 1 is 0.909 bits per heavy atom. The quantitative estimate of drug-likeness (QED) is 0.501. The zero-order valence-corrected chi connectivity index (χ0v) is 5.02. The third kappa shape index (κ3) is 3.00. The van der Waals surface area contributed by atoms with Crippen LogP contribution in [0.25, 0.3) is 0 Å². The number of alkyl halides is 3. The molecule has 0 fully saturated rings. The van der Waals surface area contributed by atoms with Crippen molar-refractivity contribution in [2.24, 2.45) is 0 Å². The summed E-state index contributed by atoms with van der Waals surface area (Å²) in [6.07, 6.45) is -4.21. The normalized spacial score (nSPS) is 10.5. The number of hydrogen-bond donors (Lipinski definition) is 0. The van der Waals surface area contributed by atoms with E-state index in [4.69, 9.17) is 0 Å². The van der Waals surface area contributed by atoms with Gasteiger partial charge in [0.15, 0.2) is 0 Å². The molecule has 4 heteroatoms. The minimum absolute atomic E-state index is 0. The van der Waals surface area contributed by atoms with Crippen LogP contribution >= 0.6 is 0 Å². The molecule has 11 heavy (non-hydrogen) atoms. The summed E-state index contributed by atoms with van der Waals surface area (Å²) in [5, 5.41) is 0. The molecule has 0 amide bonds. The molecule has 0 saturated carbocycles. The molecule has 0 aliphatic carbocycles. The van der Waals surface area contributed by atoms with Crippen molar-refractivity contribution in [3.05, 3.63) is 35.9 Å². The van der Waals surface area contributed by atoms with E-state index < -0.39 is 11.7 Å². The fraction of sp³-hybridized carbons (Fsp3) is 0.143. The Bertz CT molecular complexity index is 205. The molecule has 0 aliphatic heterocycles. The molecule has 0 atom stereocenters. The summed E-state index contributed by atoms with van der Waals surface area (Å²) in [5.74, 6) is 0. The van der Waals surface area contributed by atoms with Crippen LogP contribution in [-0.2, 0) is 6.18 Å². The fourth-order valence-electron chi connectivity index (χ4n) is 0.627. The molecule has 1 aromatic rings. The van der Waals surface area contributed by atoms with E-state index in [2.05, 4.69) is 0 Å². The minimum atomic E-state index is -4.21. The molecule has 0 unspecified atom stereocenters. The molecule has 0 radical (unpaired) electrons. The van der Waals surface area contributed by atoms with E-state index in [1.165, 1.54) is 12.1 Å². The molecular formula is C7H6F3Li. The van der Waals surface area contributed by atoms with Gasteiger partial charge < -0.3 is 0 Å². The molecule has 0 aliphatic rings.